The van der Waals surface area contributed by atoms with Gasteiger partial charge in [0.2, 0.25) is 0 Å². The Kier molecular flexibility index (Phi) is 5.07. The minimum Gasteiger partial charge on any atom is -0.494 e. The molecule has 0 fully saturated rings. The quantitative estimate of drug-likeness (QED) is 0.694. The third kappa shape index (κ3) is 3.85. The summed E-state index contributed by atoms with van der Waals surface area (Å²) in [5.74, 6) is -0.0283. The Morgan fingerprint density at radius 1 is 1.33 bits per heavy atom. The maximum absolute atomic E-state index is 13.3. The minimum absolute atomic E-state index is 0.286. The highest BCUT2D eigenvalue weighted by Gasteiger charge is 2.02. The zero-order valence-electron chi connectivity index (χ0n) is 9.14. The number of likely N-dealkylation sites (N-methyl/N-ethyl adjacent to an activating group) is 1. The van der Waals surface area contributed by atoms with Gasteiger partial charge in [0.15, 0.2) is 11.6 Å². The van der Waals surface area contributed by atoms with E-state index in [-0.39, 0.29) is 11.6 Å². The van der Waals surface area contributed by atoms with Crippen molar-refractivity contribution in [1.82, 2.24) is 10.6 Å². The maximum atomic E-state index is 13.3. The topological polar surface area (TPSA) is 33.3 Å². The van der Waals surface area contributed by atoms with E-state index in [9.17, 15) is 4.39 Å². The molecule has 0 atom stereocenters. The highest BCUT2D eigenvalue weighted by atomic mass is 19.1. The lowest BCUT2D eigenvalue weighted by molar-refractivity contribution is 0.386. The second-order valence-corrected chi connectivity index (χ2v) is 3.25. The smallest absolute Gasteiger partial charge is 0.165 e. The zero-order valence-corrected chi connectivity index (χ0v) is 9.14. The lowest BCUT2D eigenvalue weighted by Gasteiger charge is -2.06. The fourth-order valence-electron chi connectivity index (χ4n) is 1.27. The Bertz CT molecular complexity index is 305. The summed E-state index contributed by atoms with van der Waals surface area (Å²) in [6, 6.07) is 4.99. The van der Waals surface area contributed by atoms with E-state index in [2.05, 4.69) is 10.6 Å². The summed E-state index contributed by atoms with van der Waals surface area (Å²) in [6.45, 7) is 2.44. The molecular weight excluding hydrogens is 195 g/mol. The van der Waals surface area contributed by atoms with Crippen LogP contribution in [-0.4, -0.2) is 27.2 Å². The van der Waals surface area contributed by atoms with Gasteiger partial charge in [-0.2, -0.15) is 0 Å². The molecule has 0 saturated heterocycles. The average Bonchev–Trinajstić information content (AvgIpc) is 2.25. The summed E-state index contributed by atoms with van der Waals surface area (Å²) in [6.07, 6.45) is 0. The first-order chi connectivity index (χ1) is 7.27. The first-order valence-corrected chi connectivity index (χ1v) is 4.95. The van der Waals surface area contributed by atoms with Gasteiger partial charge in [0.25, 0.3) is 0 Å². The Morgan fingerprint density at radius 2 is 2.13 bits per heavy atom. The molecule has 84 valence electrons. The Morgan fingerprint density at radius 3 is 2.73 bits per heavy atom. The number of hydrogen-bond acceptors (Lipinski definition) is 3. The van der Waals surface area contributed by atoms with Crippen LogP contribution in [0, 0.1) is 5.82 Å². The molecule has 0 aromatic heterocycles. The van der Waals surface area contributed by atoms with Crippen molar-refractivity contribution in [3.05, 3.63) is 29.6 Å². The van der Waals surface area contributed by atoms with Gasteiger partial charge in [-0.3, -0.25) is 0 Å². The third-order valence-electron chi connectivity index (χ3n) is 2.10. The van der Waals surface area contributed by atoms with Crippen molar-refractivity contribution in [2.24, 2.45) is 0 Å². The van der Waals surface area contributed by atoms with Gasteiger partial charge in [0.05, 0.1) is 7.11 Å². The van der Waals surface area contributed by atoms with E-state index in [1.165, 1.54) is 13.2 Å². The largest absolute Gasteiger partial charge is 0.494 e. The van der Waals surface area contributed by atoms with Crippen LogP contribution in [0.25, 0.3) is 0 Å². The summed E-state index contributed by atoms with van der Waals surface area (Å²) in [5, 5.41) is 6.22. The number of benzene rings is 1. The highest BCUT2D eigenvalue weighted by molar-refractivity contribution is 5.29. The van der Waals surface area contributed by atoms with Crippen molar-refractivity contribution in [1.29, 1.82) is 0 Å². The van der Waals surface area contributed by atoms with Gasteiger partial charge < -0.3 is 15.4 Å². The number of halogens is 1. The Hall–Kier alpha value is -1.13. The average molecular weight is 212 g/mol. The molecule has 0 aliphatic heterocycles. The summed E-state index contributed by atoms with van der Waals surface area (Å²) >= 11 is 0. The molecule has 1 aromatic carbocycles. The lowest BCUT2D eigenvalue weighted by Crippen LogP contribution is -2.24. The van der Waals surface area contributed by atoms with Crippen LogP contribution in [0.15, 0.2) is 18.2 Å². The standard InChI is InChI=1S/C11H17FN2O/c1-13-5-6-14-8-9-3-4-11(15-2)10(12)7-9/h3-4,7,13-14H,5-6,8H2,1-2H3. The van der Waals surface area contributed by atoms with Crippen molar-refractivity contribution in [2.75, 3.05) is 27.2 Å². The van der Waals surface area contributed by atoms with E-state index in [4.69, 9.17) is 4.74 Å². The van der Waals surface area contributed by atoms with E-state index in [1.54, 1.807) is 6.07 Å². The van der Waals surface area contributed by atoms with Gasteiger partial charge in [-0.05, 0) is 24.7 Å². The molecule has 0 aliphatic carbocycles. The van der Waals surface area contributed by atoms with Crippen molar-refractivity contribution in [2.45, 2.75) is 6.54 Å². The van der Waals surface area contributed by atoms with Crippen LogP contribution < -0.4 is 15.4 Å². The van der Waals surface area contributed by atoms with Crippen LogP contribution in [0.5, 0.6) is 5.75 Å². The van der Waals surface area contributed by atoms with Crippen molar-refractivity contribution in [3.8, 4) is 5.75 Å². The number of hydrogen-bond donors (Lipinski definition) is 2. The summed E-state index contributed by atoms with van der Waals surface area (Å²) < 4.78 is 18.1. The van der Waals surface area contributed by atoms with Gasteiger partial charge in [0, 0.05) is 19.6 Å². The van der Waals surface area contributed by atoms with Gasteiger partial charge >= 0.3 is 0 Å². The van der Waals surface area contributed by atoms with Crippen LogP contribution in [0.1, 0.15) is 5.56 Å². The molecule has 0 saturated carbocycles. The molecule has 1 aromatic rings. The number of rotatable bonds is 6. The van der Waals surface area contributed by atoms with E-state index in [1.807, 2.05) is 13.1 Å². The molecule has 3 nitrogen and oxygen atoms in total. The first-order valence-electron chi connectivity index (χ1n) is 4.95. The van der Waals surface area contributed by atoms with Gasteiger partial charge in [-0.25, -0.2) is 4.39 Å². The van der Waals surface area contributed by atoms with Gasteiger partial charge in [-0.15, -0.1) is 0 Å². The predicted molar refractivity (Wildman–Crippen MR) is 58.6 cm³/mol. The molecule has 0 unspecified atom stereocenters. The molecule has 0 amide bonds. The van der Waals surface area contributed by atoms with Gasteiger partial charge in [-0.1, -0.05) is 6.07 Å². The fraction of sp³-hybridized carbons (Fsp3) is 0.455. The number of nitrogens with one attached hydrogen (secondary N) is 2. The van der Waals surface area contributed by atoms with E-state index in [0.29, 0.717) is 6.54 Å². The van der Waals surface area contributed by atoms with Crippen LogP contribution in [0.4, 0.5) is 4.39 Å². The normalized spacial score (nSPS) is 10.3. The molecular formula is C11H17FN2O. The second-order valence-electron chi connectivity index (χ2n) is 3.25. The van der Waals surface area contributed by atoms with Crippen LogP contribution in [0.2, 0.25) is 0 Å². The van der Waals surface area contributed by atoms with Gasteiger partial charge in [0.1, 0.15) is 0 Å². The molecule has 15 heavy (non-hydrogen) atoms. The van der Waals surface area contributed by atoms with Crippen LogP contribution in [-0.2, 0) is 6.54 Å². The molecule has 0 radical (unpaired) electrons. The second kappa shape index (κ2) is 6.37. The summed E-state index contributed by atoms with van der Waals surface area (Å²) in [7, 11) is 3.36. The van der Waals surface area contributed by atoms with E-state index < -0.39 is 0 Å². The molecule has 0 heterocycles. The van der Waals surface area contributed by atoms with Crippen molar-refractivity contribution < 1.29 is 9.13 Å². The number of methoxy groups -OCH3 is 1. The Labute approximate surface area is 89.6 Å². The van der Waals surface area contributed by atoms with E-state index >= 15 is 0 Å². The molecule has 0 aliphatic rings. The third-order valence-corrected chi connectivity index (χ3v) is 2.10. The highest BCUT2D eigenvalue weighted by Crippen LogP contribution is 2.17. The molecule has 2 N–H and O–H groups in total. The molecule has 4 heteroatoms. The minimum atomic E-state index is -0.314. The Balaban J connectivity index is 2.45. The summed E-state index contributed by atoms with van der Waals surface area (Å²) in [4.78, 5) is 0. The SMILES string of the molecule is CNCCNCc1ccc(OC)c(F)c1. The van der Waals surface area contributed by atoms with Crippen LogP contribution >= 0.6 is 0 Å². The first kappa shape index (κ1) is 11.9. The van der Waals surface area contributed by atoms with E-state index in [0.717, 1.165) is 18.7 Å². The monoisotopic (exact) mass is 212 g/mol. The van der Waals surface area contributed by atoms with Crippen molar-refractivity contribution in [3.63, 3.8) is 0 Å². The number of ether oxygens (including phenoxy) is 1. The van der Waals surface area contributed by atoms with Crippen LogP contribution in [0.3, 0.4) is 0 Å². The fourth-order valence-corrected chi connectivity index (χ4v) is 1.27. The molecule has 1 rings (SSSR count). The summed E-state index contributed by atoms with van der Waals surface area (Å²) in [5.41, 5.74) is 0.921. The molecule has 0 spiro atoms. The zero-order chi connectivity index (χ0) is 11.1. The maximum Gasteiger partial charge on any atom is 0.165 e. The molecule has 0 bridgehead atoms. The lowest BCUT2D eigenvalue weighted by atomic mass is 10.2. The van der Waals surface area contributed by atoms with Crippen molar-refractivity contribution >= 4 is 0 Å². The predicted octanol–water partition coefficient (Wildman–Crippen LogP) is 1.14.